The van der Waals surface area contributed by atoms with Gasteiger partial charge in [0.2, 0.25) is 5.91 Å². The molecule has 0 aromatic heterocycles. The summed E-state index contributed by atoms with van der Waals surface area (Å²) in [5.74, 6) is 4.83. The fourth-order valence-electron chi connectivity index (χ4n) is 2.30. The van der Waals surface area contributed by atoms with Crippen LogP contribution in [0.5, 0.6) is 11.5 Å². The van der Waals surface area contributed by atoms with Crippen molar-refractivity contribution >= 4 is 35.6 Å². The van der Waals surface area contributed by atoms with Crippen molar-refractivity contribution in [3.8, 4) is 11.5 Å². The first-order valence-corrected chi connectivity index (χ1v) is 10.9. The van der Waals surface area contributed by atoms with Gasteiger partial charge in [-0.1, -0.05) is 12.1 Å². The highest BCUT2D eigenvalue weighted by Gasteiger charge is 2.19. The summed E-state index contributed by atoms with van der Waals surface area (Å²) < 4.78 is 10.9. The molecule has 1 amide bonds. The second-order valence-corrected chi connectivity index (χ2v) is 8.04. The van der Waals surface area contributed by atoms with Crippen LogP contribution >= 0.6 is 23.5 Å². The van der Waals surface area contributed by atoms with Crippen LogP contribution in [0.15, 0.2) is 53.6 Å². The molecule has 0 radical (unpaired) electrons. The van der Waals surface area contributed by atoms with Crippen LogP contribution in [0.3, 0.4) is 0 Å². The number of hydrogen-bond acceptors (Lipinski definition) is 6. The molecule has 2 aromatic carbocycles. The average molecular weight is 403 g/mol. The van der Waals surface area contributed by atoms with Gasteiger partial charge in [-0.15, -0.1) is 11.8 Å². The third kappa shape index (κ3) is 6.52. The molecule has 0 unspecified atom stereocenters. The molecular formula is C20H22N2O3S2. The molecule has 1 N–H and O–H groups in total. The zero-order chi connectivity index (χ0) is 18.9. The number of ether oxygens (including phenoxy) is 2. The van der Waals surface area contributed by atoms with Crippen molar-refractivity contribution in [2.75, 3.05) is 24.4 Å². The molecule has 0 spiro atoms. The number of benzene rings is 2. The van der Waals surface area contributed by atoms with Crippen LogP contribution in [0.1, 0.15) is 11.1 Å². The Kier molecular flexibility index (Phi) is 7.47. The van der Waals surface area contributed by atoms with Gasteiger partial charge in [-0.2, -0.15) is 16.9 Å². The van der Waals surface area contributed by atoms with Gasteiger partial charge in [0.1, 0.15) is 17.6 Å². The van der Waals surface area contributed by atoms with E-state index in [0.29, 0.717) is 11.9 Å². The lowest BCUT2D eigenvalue weighted by Gasteiger charge is -2.25. The third-order valence-corrected chi connectivity index (χ3v) is 6.07. The van der Waals surface area contributed by atoms with E-state index in [0.717, 1.165) is 39.9 Å². The van der Waals surface area contributed by atoms with Gasteiger partial charge in [0.25, 0.3) is 0 Å². The highest BCUT2D eigenvalue weighted by Crippen LogP contribution is 2.23. The highest BCUT2D eigenvalue weighted by atomic mass is 32.2. The molecule has 3 rings (SSSR count). The Bertz CT molecular complexity index is 760. The fraction of sp³-hybridized carbons (Fsp3) is 0.300. The van der Waals surface area contributed by atoms with Gasteiger partial charge in [0.15, 0.2) is 0 Å². The van der Waals surface area contributed by atoms with Gasteiger partial charge < -0.3 is 9.47 Å². The van der Waals surface area contributed by atoms with E-state index in [1.54, 1.807) is 25.1 Å². The molecule has 5 nitrogen and oxygen atoms in total. The Morgan fingerprint density at radius 2 is 1.89 bits per heavy atom. The molecule has 0 bridgehead atoms. The van der Waals surface area contributed by atoms with Crippen molar-refractivity contribution in [1.29, 1.82) is 0 Å². The summed E-state index contributed by atoms with van der Waals surface area (Å²) >= 11 is 3.44. The third-order valence-electron chi connectivity index (χ3n) is 3.85. The number of carbonyl (C=O) groups excluding carboxylic acids is 1. The van der Waals surface area contributed by atoms with E-state index in [-0.39, 0.29) is 5.91 Å². The minimum Gasteiger partial charge on any atom is -0.497 e. The van der Waals surface area contributed by atoms with Gasteiger partial charge in [-0.25, -0.2) is 5.43 Å². The summed E-state index contributed by atoms with van der Waals surface area (Å²) in [6, 6.07) is 15.5. The summed E-state index contributed by atoms with van der Waals surface area (Å²) in [7, 11) is 1.64. The number of carbonyl (C=O) groups is 1. The number of nitrogens with one attached hydrogen (secondary N) is 1. The molecule has 0 saturated carbocycles. The van der Waals surface area contributed by atoms with E-state index in [9.17, 15) is 4.79 Å². The molecule has 1 aliphatic rings. The first-order chi connectivity index (χ1) is 13.2. The molecule has 0 aliphatic carbocycles. The molecule has 0 atom stereocenters. The topological polar surface area (TPSA) is 59.9 Å². The number of methoxy groups -OCH3 is 1. The van der Waals surface area contributed by atoms with Gasteiger partial charge in [0, 0.05) is 17.3 Å². The van der Waals surface area contributed by atoms with E-state index >= 15 is 0 Å². The van der Waals surface area contributed by atoms with Crippen molar-refractivity contribution in [2.24, 2.45) is 5.10 Å². The van der Waals surface area contributed by atoms with E-state index in [1.807, 2.05) is 60.3 Å². The number of amides is 1. The second kappa shape index (κ2) is 10.3. The van der Waals surface area contributed by atoms with Crippen LogP contribution in [0.2, 0.25) is 0 Å². The maximum absolute atomic E-state index is 11.9. The Labute approximate surface area is 167 Å². The summed E-state index contributed by atoms with van der Waals surface area (Å²) in [5, 5.41) is 4.01. The number of nitrogens with zero attached hydrogens (tertiary/aromatic N) is 1. The van der Waals surface area contributed by atoms with Crippen molar-refractivity contribution in [3.05, 3.63) is 59.7 Å². The summed E-state index contributed by atoms with van der Waals surface area (Å²) in [5.41, 5.74) is 4.62. The predicted molar refractivity (Wildman–Crippen MR) is 113 cm³/mol. The zero-order valence-corrected chi connectivity index (χ0v) is 16.7. The van der Waals surface area contributed by atoms with Gasteiger partial charge >= 0.3 is 0 Å². The molecule has 27 heavy (non-hydrogen) atoms. The van der Waals surface area contributed by atoms with E-state index < -0.39 is 0 Å². The lowest BCUT2D eigenvalue weighted by atomic mass is 10.2. The normalized spacial score (nSPS) is 14.0. The van der Waals surface area contributed by atoms with Gasteiger partial charge in [-0.3, -0.25) is 4.79 Å². The SMILES string of the molecule is COc1ccc(CSCC(=O)N/N=C/c2ccc(OC3CSC3)cc2)cc1. The van der Waals surface area contributed by atoms with Crippen LogP contribution in [0, 0.1) is 0 Å². The van der Waals surface area contributed by atoms with Crippen LogP contribution in [-0.2, 0) is 10.5 Å². The number of thioether (sulfide) groups is 2. The van der Waals surface area contributed by atoms with Gasteiger partial charge in [-0.05, 0) is 47.5 Å². The van der Waals surface area contributed by atoms with Crippen molar-refractivity contribution in [3.63, 3.8) is 0 Å². The number of rotatable bonds is 9. The van der Waals surface area contributed by atoms with E-state index in [1.165, 1.54) is 0 Å². The smallest absolute Gasteiger partial charge is 0.250 e. The molecule has 7 heteroatoms. The quantitative estimate of drug-likeness (QED) is 0.513. The fourth-order valence-corrected chi connectivity index (χ4v) is 3.65. The van der Waals surface area contributed by atoms with Crippen molar-refractivity contribution in [1.82, 2.24) is 5.43 Å². The summed E-state index contributed by atoms with van der Waals surface area (Å²) in [6.45, 7) is 0. The molecule has 1 aliphatic heterocycles. The predicted octanol–water partition coefficient (Wildman–Crippen LogP) is 3.57. The maximum Gasteiger partial charge on any atom is 0.250 e. The largest absolute Gasteiger partial charge is 0.497 e. The molecule has 1 heterocycles. The molecular weight excluding hydrogens is 380 g/mol. The van der Waals surface area contributed by atoms with Gasteiger partial charge in [0.05, 0.1) is 19.1 Å². The Hall–Kier alpha value is -2.12. The monoisotopic (exact) mass is 402 g/mol. The highest BCUT2D eigenvalue weighted by molar-refractivity contribution is 8.00. The minimum atomic E-state index is -0.118. The minimum absolute atomic E-state index is 0.118. The molecule has 1 saturated heterocycles. The first-order valence-electron chi connectivity index (χ1n) is 8.60. The molecule has 1 fully saturated rings. The lowest BCUT2D eigenvalue weighted by molar-refractivity contribution is -0.118. The number of hydrazone groups is 1. The standard InChI is InChI=1S/C20H22N2O3S2/c1-24-17-6-4-16(5-7-17)11-26-14-20(23)22-21-10-15-2-8-18(9-3-15)25-19-12-27-13-19/h2-10,19H,11-14H2,1H3,(H,22,23)/b21-10+. The van der Waals surface area contributed by atoms with Crippen LogP contribution < -0.4 is 14.9 Å². The molecule has 2 aromatic rings. The molecule has 142 valence electrons. The second-order valence-electron chi connectivity index (χ2n) is 5.98. The van der Waals surface area contributed by atoms with Crippen molar-refractivity contribution < 1.29 is 14.3 Å². The Balaban J connectivity index is 1.35. The first kappa shape index (κ1) is 19.6. The van der Waals surface area contributed by atoms with Crippen molar-refractivity contribution in [2.45, 2.75) is 11.9 Å². The van der Waals surface area contributed by atoms with Crippen LogP contribution in [-0.4, -0.2) is 42.6 Å². The summed E-state index contributed by atoms with van der Waals surface area (Å²) in [6.07, 6.45) is 1.97. The van der Waals surface area contributed by atoms with Crippen LogP contribution in [0.4, 0.5) is 0 Å². The average Bonchev–Trinajstić information content (AvgIpc) is 2.66. The Morgan fingerprint density at radius 1 is 1.19 bits per heavy atom. The summed E-state index contributed by atoms with van der Waals surface area (Å²) in [4.78, 5) is 11.9. The maximum atomic E-state index is 11.9. The van der Waals surface area contributed by atoms with Crippen LogP contribution in [0.25, 0.3) is 0 Å². The van der Waals surface area contributed by atoms with E-state index in [4.69, 9.17) is 9.47 Å². The lowest BCUT2D eigenvalue weighted by Crippen LogP contribution is -2.30. The van der Waals surface area contributed by atoms with E-state index in [2.05, 4.69) is 10.5 Å². The number of hydrogen-bond donors (Lipinski definition) is 1. The zero-order valence-electron chi connectivity index (χ0n) is 15.1. The Morgan fingerprint density at radius 3 is 2.52 bits per heavy atom.